The molecule has 2 atom stereocenters. The normalized spacial score (nSPS) is 27.8. The number of likely N-dealkylation sites (tertiary alicyclic amines) is 1. The maximum absolute atomic E-state index is 12.3. The molecule has 0 aromatic heterocycles. The Kier molecular flexibility index (Phi) is 3.84. The van der Waals surface area contributed by atoms with E-state index in [2.05, 4.69) is 5.32 Å². The molecule has 0 unspecified atom stereocenters. The Morgan fingerprint density at radius 2 is 2.11 bits per heavy atom. The first-order chi connectivity index (χ1) is 8.63. The van der Waals surface area contributed by atoms with Gasteiger partial charge in [-0.25, -0.2) is 4.79 Å². The third kappa shape index (κ3) is 2.47. The van der Waals surface area contributed by atoms with Gasteiger partial charge in [0.2, 0.25) is 11.8 Å². The number of carbonyl (C=O) groups is 3. The maximum atomic E-state index is 12.3. The van der Waals surface area contributed by atoms with E-state index in [4.69, 9.17) is 4.74 Å². The number of amides is 2. The summed E-state index contributed by atoms with van der Waals surface area (Å²) < 4.78 is 4.73. The molecule has 2 amide bonds. The number of rotatable bonds is 2. The van der Waals surface area contributed by atoms with Crippen LogP contribution in [-0.2, 0) is 19.1 Å². The molecule has 0 radical (unpaired) electrons. The summed E-state index contributed by atoms with van der Waals surface area (Å²) in [5, 5.41) is 2.65. The van der Waals surface area contributed by atoms with E-state index < -0.39 is 12.1 Å². The summed E-state index contributed by atoms with van der Waals surface area (Å²) in [5.41, 5.74) is 0. The van der Waals surface area contributed by atoms with Crippen molar-refractivity contribution in [3.8, 4) is 0 Å². The van der Waals surface area contributed by atoms with Crippen LogP contribution in [0.1, 0.15) is 32.1 Å². The molecule has 2 rings (SSSR count). The Balaban J connectivity index is 2.06. The van der Waals surface area contributed by atoms with Gasteiger partial charge in [-0.2, -0.15) is 0 Å². The van der Waals surface area contributed by atoms with E-state index in [0.29, 0.717) is 25.8 Å². The largest absolute Gasteiger partial charge is 0.467 e. The molecule has 0 aromatic rings. The first-order valence-corrected chi connectivity index (χ1v) is 6.31. The molecule has 0 saturated carbocycles. The summed E-state index contributed by atoms with van der Waals surface area (Å²) in [6.45, 7) is 0.560. The fraction of sp³-hybridized carbons (Fsp3) is 0.750. The summed E-state index contributed by atoms with van der Waals surface area (Å²) in [4.78, 5) is 36.6. The Morgan fingerprint density at radius 3 is 2.72 bits per heavy atom. The van der Waals surface area contributed by atoms with Gasteiger partial charge in [-0.3, -0.25) is 9.59 Å². The van der Waals surface area contributed by atoms with Crippen molar-refractivity contribution in [3.05, 3.63) is 0 Å². The SMILES string of the molecule is COC(=O)[C@H]1CCCCN1C(=O)[C@@H]1CCC(=O)N1. The van der Waals surface area contributed by atoms with Crippen molar-refractivity contribution in [1.29, 1.82) is 0 Å². The average Bonchev–Trinajstić information content (AvgIpc) is 2.83. The number of nitrogens with one attached hydrogen (secondary N) is 1. The number of nitrogens with zero attached hydrogens (tertiary/aromatic N) is 1. The first-order valence-electron chi connectivity index (χ1n) is 6.31. The van der Waals surface area contributed by atoms with E-state index in [9.17, 15) is 14.4 Å². The third-order valence-electron chi connectivity index (χ3n) is 3.55. The van der Waals surface area contributed by atoms with Crippen molar-refractivity contribution in [1.82, 2.24) is 10.2 Å². The molecule has 0 spiro atoms. The van der Waals surface area contributed by atoms with E-state index in [1.165, 1.54) is 7.11 Å². The Labute approximate surface area is 106 Å². The molecule has 0 aromatic carbocycles. The van der Waals surface area contributed by atoms with Crippen molar-refractivity contribution < 1.29 is 19.1 Å². The van der Waals surface area contributed by atoms with Gasteiger partial charge in [-0.1, -0.05) is 0 Å². The predicted molar refractivity (Wildman–Crippen MR) is 62.5 cm³/mol. The summed E-state index contributed by atoms with van der Waals surface area (Å²) in [6.07, 6.45) is 3.34. The van der Waals surface area contributed by atoms with Crippen LogP contribution in [0.25, 0.3) is 0 Å². The van der Waals surface area contributed by atoms with Gasteiger partial charge >= 0.3 is 5.97 Å². The summed E-state index contributed by atoms with van der Waals surface area (Å²) >= 11 is 0. The number of ether oxygens (including phenoxy) is 1. The number of methoxy groups -OCH3 is 1. The van der Waals surface area contributed by atoms with Crippen LogP contribution in [0, 0.1) is 0 Å². The van der Waals surface area contributed by atoms with Crippen LogP contribution in [0.15, 0.2) is 0 Å². The minimum Gasteiger partial charge on any atom is -0.467 e. The molecule has 100 valence electrons. The lowest BCUT2D eigenvalue weighted by Gasteiger charge is -2.35. The molecule has 0 bridgehead atoms. The van der Waals surface area contributed by atoms with Crippen molar-refractivity contribution in [2.24, 2.45) is 0 Å². The lowest BCUT2D eigenvalue weighted by atomic mass is 10.0. The highest BCUT2D eigenvalue weighted by Crippen LogP contribution is 2.21. The molecular weight excluding hydrogens is 236 g/mol. The van der Waals surface area contributed by atoms with E-state index in [0.717, 1.165) is 12.8 Å². The smallest absolute Gasteiger partial charge is 0.328 e. The van der Waals surface area contributed by atoms with Crippen LogP contribution in [0.4, 0.5) is 0 Å². The van der Waals surface area contributed by atoms with Crippen LogP contribution >= 0.6 is 0 Å². The molecule has 2 heterocycles. The third-order valence-corrected chi connectivity index (χ3v) is 3.55. The number of hydrogen-bond donors (Lipinski definition) is 1. The number of esters is 1. The summed E-state index contributed by atoms with van der Waals surface area (Å²) in [7, 11) is 1.33. The van der Waals surface area contributed by atoms with Gasteiger partial charge in [-0.05, 0) is 25.7 Å². The van der Waals surface area contributed by atoms with Crippen molar-refractivity contribution >= 4 is 17.8 Å². The fourth-order valence-corrected chi connectivity index (χ4v) is 2.58. The van der Waals surface area contributed by atoms with Crippen molar-refractivity contribution in [2.75, 3.05) is 13.7 Å². The highest BCUT2D eigenvalue weighted by Gasteiger charge is 2.38. The number of carbonyl (C=O) groups excluding carboxylic acids is 3. The molecule has 0 aliphatic carbocycles. The van der Waals surface area contributed by atoms with Gasteiger partial charge in [0.05, 0.1) is 7.11 Å². The maximum Gasteiger partial charge on any atom is 0.328 e. The predicted octanol–water partition coefficient (Wildman–Crippen LogP) is -0.181. The lowest BCUT2D eigenvalue weighted by Crippen LogP contribution is -2.53. The van der Waals surface area contributed by atoms with Gasteiger partial charge in [0, 0.05) is 13.0 Å². The first kappa shape index (κ1) is 12.9. The minimum absolute atomic E-state index is 0.0972. The summed E-state index contributed by atoms with van der Waals surface area (Å²) in [6, 6.07) is -0.962. The molecule has 1 N–H and O–H groups in total. The quantitative estimate of drug-likeness (QED) is 0.694. The topological polar surface area (TPSA) is 75.7 Å². The monoisotopic (exact) mass is 254 g/mol. The van der Waals surface area contributed by atoms with E-state index >= 15 is 0 Å². The second kappa shape index (κ2) is 5.37. The lowest BCUT2D eigenvalue weighted by molar-refractivity contribution is -0.155. The fourth-order valence-electron chi connectivity index (χ4n) is 2.58. The van der Waals surface area contributed by atoms with Crippen molar-refractivity contribution in [3.63, 3.8) is 0 Å². The zero-order chi connectivity index (χ0) is 13.1. The van der Waals surface area contributed by atoms with E-state index in [1.54, 1.807) is 4.90 Å². The van der Waals surface area contributed by atoms with Gasteiger partial charge in [0.15, 0.2) is 0 Å². The van der Waals surface area contributed by atoms with Crippen LogP contribution < -0.4 is 5.32 Å². The highest BCUT2D eigenvalue weighted by molar-refractivity contribution is 5.93. The second-order valence-electron chi connectivity index (χ2n) is 4.73. The molecule has 18 heavy (non-hydrogen) atoms. The molecule has 2 fully saturated rings. The van der Waals surface area contributed by atoms with Crippen molar-refractivity contribution in [2.45, 2.75) is 44.2 Å². The van der Waals surface area contributed by atoms with E-state index in [-0.39, 0.29) is 17.8 Å². The van der Waals surface area contributed by atoms with Crippen LogP contribution in [0.3, 0.4) is 0 Å². The van der Waals surface area contributed by atoms with Crippen LogP contribution in [0.5, 0.6) is 0 Å². The van der Waals surface area contributed by atoms with E-state index in [1.807, 2.05) is 0 Å². The van der Waals surface area contributed by atoms with Gasteiger partial charge in [-0.15, -0.1) is 0 Å². The van der Waals surface area contributed by atoms with Gasteiger partial charge in [0.25, 0.3) is 0 Å². The van der Waals surface area contributed by atoms with Gasteiger partial charge < -0.3 is 15.0 Å². The van der Waals surface area contributed by atoms with Crippen LogP contribution in [-0.4, -0.2) is 48.4 Å². The molecule has 6 nitrogen and oxygen atoms in total. The number of piperidine rings is 1. The Morgan fingerprint density at radius 1 is 1.33 bits per heavy atom. The zero-order valence-corrected chi connectivity index (χ0v) is 10.5. The minimum atomic E-state index is -0.492. The average molecular weight is 254 g/mol. The summed E-state index contributed by atoms with van der Waals surface area (Å²) in [5.74, 6) is -0.622. The Hall–Kier alpha value is -1.59. The standard InChI is InChI=1S/C12H18N2O4/c1-18-12(17)9-4-2-3-7-14(9)11(16)8-5-6-10(15)13-8/h8-9H,2-7H2,1H3,(H,13,15)/t8-,9+/m0/s1. The highest BCUT2D eigenvalue weighted by atomic mass is 16.5. The Bertz CT molecular complexity index is 369. The van der Waals surface area contributed by atoms with Gasteiger partial charge in [0.1, 0.15) is 12.1 Å². The molecular formula is C12H18N2O4. The second-order valence-corrected chi connectivity index (χ2v) is 4.73. The molecule has 2 aliphatic rings. The number of hydrogen-bond acceptors (Lipinski definition) is 4. The zero-order valence-electron chi connectivity index (χ0n) is 10.5. The molecule has 2 aliphatic heterocycles. The molecule has 6 heteroatoms. The van der Waals surface area contributed by atoms with Crippen LogP contribution in [0.2, 0.25) is 0 Å². The molecule has 2 saturated heterocycles.